The van der Waals surface area contributed by atoms with Crippen molar-refractivity contribution in [3.8, 4) is 0 Å². The molecule has 3 rings (SSSR count). The molecule has 0 aliphatic carbocycles. The zero-order valence-corrected chi connectivity index (χ0v) is 22.6. The first-order chi connectivity index (χ1) is 19.1. The third-order valence-electron chi connectivity index (χ3n) is 5.96. The lowest BCUT2D eigenvalue weighted by Crippen LogP contribution is -2.34. The minimum atomic E-state index is -0.372. The first-order valence-corrected chi connectivity index (χ1v) is 12.8. The normalized spacial score (nSPS) is 15.8. The Hall–Kier alpha value is -4.10. The average molecular weight is 562 g/mol. The molecule has 1 aromatic heterocycles. The van der Waals surface area contributed by atoms with Crippen molar-refractivity contribution < 1.29 is 47.4 Å². The zero-order valence-electron chi connectivity index (χ0n) is 22.6. The maximum Gasteiger partial charge on any atom is 0.309 e. The van der Waals surface area contributed by atoms with Crippen LogP contribution in [0.1, 0.15) is 32.4 Å². The molecule has 0 saturated carbocycles. The predicted molar refractivity (Wildman–Crippen MR) is 139 cm³/mol. The molecule has 0 radical (unpaired) electrons. The monoisotopic (exact) mass is 561 g/mol. The van der Waals surface area contributed by atoms with Crippen LogP contribution < -0.4 is 5.73 Å². The number of carbonyl (C=O) groups is 6. The van der Waals surface area contributed by atoms with E-state index < -0.39 is 0 Å². The molecular formula is C27H35N3O10. The highest BCUT2D eigenvalue weighted by Gasteiger charge is 2.24. The van der Waals surface area contributed by atoms with E-state index >= 15 is 0 Å². The van der Waals surface area contributed by atoms with Crippen molar-refractivity contribution >= 4 is 35.5 Å². The number of amides is 5. The van der Waals surface area contributed by atoms with Gasteiger partial charge >= 0.3 is 5.97 Å². The molecule has 2 atom stereocenters. The molecule has 3 heterocycles. The fraction of sp³-hybridized carbons (Fsp3) is 0.481. The Morgan fingerprint density at radius 3 is 1.77 bits per heavy atom. The maximum atomic E-state index is 11.7. The molecule has 2 aliphatic rings. The second kappa shape index (κ2) is 16.8. The number of nitrogens with zero attached hydrogens (tertiary/aromatic N) is 2. The SMILES string of the molecule is CCC(CC(C)C(=O)OCc1ccco1)C(N)=O.O=C1C=CC(=O)N1CCOCCOCCN1C(=O)C=CC1=O. The van der Waals surface area contributed by atoms with Crippen molar-refractivity contribution in [1.82, 2.24) is 9.80 Å². The summed E-state index contributed by atoms with van der Waals surface area (Å²) in [5.74, 6) is -2.09. The molecule has 0 saturated heterocycles. The van der Waals surface area contributed by atoms with Gasteiger partial charge in [-0.15, -0.1) is 0 Å². The van der Waals surface area contributed by atoms with Crippen LogP contribution in [0.15, 0.2) is 47.1 Å². The fourth-order valence-electron chi connectivity index (χ4n) is 3.62. The highest BCUT2D eigenvalue weighted by atomic mass is 16.5. The summed E-state index contributed by atoms with van der Waals surface area (Å²) in [7, 11) is 0. The first-order valence-electron chi connectivity index (χ1n) is 12.8. The van der Waals surface area contributed by atoms with Crippen LogP contribution in [0.4, 0.5) is 0 Å². The molecule has 1 aromatic rings. The number of furan rings is 1. The molecule has 2 aliphatic heterocycles. The van der Waals surface area contributed by atoms with Crippen LogP contribution in [0.5, 0.6) is 0 Å². The Morgan fingerprint density at radius 1 is 0.875 bits per heavy atom. The molecule has 13 nitrogen and oxygen atoms in total. The van der Waals surface area contributed by atoms with E-state index in [0.29, 0.717) is 31.8 Å². The van der Waals surface area contributed by atoms with Crippen LogP contribution in [0.25, 0.3) is 0 Å². The number of nitrogens with two attached hydrogens (primary N) is 1. The Morgan fingerprint density at radius 2 is 1.38 bits per heavy atom. The van der Waals surface area contributed by atoms with Gasteiger partial charge in [-0.1, -0.05) is 13.8 Å². The van der Waals surface area contributed by atoms with Gasteiger partial charge in [0.05, 0.1) is 51.7 Å². The number of ether oxygens (including phenoxy) is 3. The molecule has 218 valence electrons. The molecule has 0 fully saturated rings. The molecule has 5 amide bonds. The predicted octanol–water partition coefficient (Wildman–Crippen LogP) is 0.730. The molecule has 0 bridgehead atoms. The Balaban J connectivity index is 0.000000286. The van der Waals surface area contributed by atoms with Gasteiger partial charge in [0.15, 0.2) is 0 Å². The quantitative estimate of drug-likeness (QED) is 0.172. The van der Waals surface area contributed by atoms with Gasteiger partial charge in [0.25, 0.3) is 23.6 Å². The number of primary amides is 1. The summed E-state index contributed by atoms with van der Waals surface area (Å²) in [6, 6.07) is 3.46. The van der Waals surface area contributed by atoms with Crippen molar-refractivity contribution in [2.24, 2.45) is 17.6 Å². The molecule has 2 N–H and O–H groups in total. The number of hydrogen-bond donors (Lipinski definition) is 1. The minimum Gasteiger partial charge on any atom is -0.466 e. The van der Waals surface area contributed by atoms with E-state index in [9.17, 15) is 28.8 Å². The molecule has 0 aromatic carbocycles. The van der Waals surface area contributed by atoms with E-state index in [-0.39, 0.29) is 80.3 Å². The number of hydrogen-bond acceptors (Lipinski definition) is 10. The third kappa shape index (κ3) is 10.6. The van der Waals surface area contributed by atoms with Crippen LogP contribution in [0.2, 0.25) is 0 Å². The summed E-state index contributed by atoms with van der Waals surface area (Å²) in [5, 5.41) is 0. The zero-order chi connectivity index (χ0) is 29.5. The second-order valence-electron chi connectivity index (χ2n) is 8.88. The Kier molecular flexibility index (Phi) is 13.5. The van der Waals surface area contributed by atoms with Crippen molar-refractivity contribution in [3.05, 3.63) is 48.5 Å². The number of rotatable bonds is 16. The largest absolute Gasteiger partial charge is 0.466 e. The molecule has 13 heteroatoms. The Bertz CT molecular complexity index is 1010. The lowest BCUT2D eigenvalue weighted by atomic mass is 9.93. The molecular weight excluding hydrogens is 526 g/mol. The van der Waals surface area contributed by atoms with Crippen molar-refractivity contribution in [2.45, 2.75) is 33.3 Å². The Labute approximate surface area is 231 Å². The van der Waals surface area contributed by atoms with Crippen molar-refractivity contribution in [2.75, 3.05) is 39.5 Å². The van der Waals surface area contributed by atoms with E-state index in [1.54, 1.807) is 19.1 Å². The standard InChI is InChI=1S/C14H16N2O6.C13H19NO4/c17-11-1-2-12(18)15(11)5-7-21-9-10-22-8-6-16-13(19)3-4-14(16)20;1-3-10(12(14)15)7-9(2)13(16)18-8-11-5-4-6-17-11/h1-4H,5-10H2;4-6,9-10H,3,7-8H2,1-2H3,(H2,14,15). The van der Waals surface area contributed by atoms with Gasteiger partial charge in [0.1, 0.15) is 12.4 Å². The number of esters is 1. The van der Waals surface area contributed by atoms with Crippen LogP contribution >= 0.6 is 0 Å². The van der Waals surface area contributed by atoms with Crippen LogP contribution in [0.3, 0.4) is 0 Å². The first kappa shape index (κ1) is 32.1. The third-order valence-corrected chi connectivity index (χ3v) is 5.96. The summed E-state index contributed by atoms with van der Waals surface area (Å²) in [5.41, 5.74) is 5.24. The lowest BCUT2D eigenvalue weighted by molar-refractivity contribution is -0.150. The van der Waals surface area contributed by atoms with Crippen LogP contribution in [-0.2, 0) is 49.6 Å². The summed E-state index contributed by atoms with van der Waals surface area (Å²) >= 11 is 0. The van der Waals surface area contributed by atoms with E-state index in [1.807, 2.05) is 6.92 Å². The summed E-state index contributed by atoms with van der Waals surface area (Å²) < 4.78 is 20.6. The van der Waals surface area contributed by atoms with Gasteiger partial charge in [-0.3, -0.25) is 38.6 Å². The van der Waals surface area contributed by atoms with Gasteiger partial charge in [-0.25, -0.2) is 0 Å². The van der Waals surface area contributed by atoms with E-state index in [1.165, 1.54) is 30.6 Å². The molecule has 0 spiro atoms. The van der Waals surface area contributed by atoms with Gasteiger partial charge in [-0.2, -0.15) is 0 Å². The van der Waals surface area contributed by atoms with Crippen LogP contribution in [0, 0.1) is 11.8 Å². The molecule has 40 heavy (non-hydrogen) atoms. The van der Waals surface area contributed by atoms with E-state index in [2.05, 4.69) is 0 Å². The average Bonchev–Trinajstić information content (AvgIpc) is 3.65. The van der Waals surface area contributed by atoms with E-state index in [0.717, 1.165) is 9.80 Å². The highest BCUT2D eigenvalue weighted by Crippen LogP contribution is 2.17. The van der Waals surface area contributed by atoms with Gasteiger partial charge in [0.2, 0.25) is 5.91 Å². The number of imide groups is 2. The second-order valence-corrected chi connectivity index (χ2v) is 8.88. The maximum absolute atomic E-state index is 11.7. The summed E-state index contributed by atoms with van der Waals surface area (Å²) in [6.45, 7) is 5.18. The lowest BCUT2D eigenvalue weighted by Gasteiger charge is -2.15. The smallest absolute Gasteiger partial charge is 0.309 e. The summed E-state index contributed by atoms with van der Waals surface area (Å²) in [4.78, 5) is 69.9. The number of carbonyl (C=O) groups excluding carboxylic acids is 6. The van der Waals surface area contributed by atoms with Gasteiger partial charge < -0.3 is 24.4 Å². The van der Waals surface area contributed by atoms with Crippen molar-refractivity contribution in [1.29, 1.82) is 0 Å². The van der Waals surface area contributed by atoms with Crippen LogP contribution in [-0.4, -0.2) is 84.8 Å². The van der Waals surface area contributed by atoms with E-state index in [4.69, 9.17) is 24.4 Å². The minimum absolute atomic E-state index is 0.115. The topological polar surface area (TPSA) is 176 Å². The fourth-order valence-corrected chi connectivity index (χ4v) is 3.62. The van der Waals surface area contributed by atoms with Gasteiger partial charge in [0, 0.05) is 30.2 Å². The van der Waals surface area contributed by atoms with Crippen molar-refractivity contribution in [3.63, 3.8) is 0 Å². The van der Waals surface area contributed by atoms with Gasteiger partial charge in [-0.05, 0) is 25.0 Å². The highest BCUT2D eigenvalue weighted by molar-refractivity contribution is 6.13. The molecule has 2 unspecified atom stereocenters. The summed E-state index contributed by atoms with van der Waals surface area (Å²) in [6.07, 6.45) is 7.46.